The molecule has 3 fully saturated rings. The lowest BCUT2D eigenvalue weighted by molar-refractivity contribution is -0.281. The summed E-state index contributed by atoms with van der Waals surface area (Å²) >= 11 is 0. The lowest BCUT2D eigenvalue weighted by atomic mass is 9.74. The van der Waals surface area contributed by atoms with Gasteiger partial charge in [-0.05, 0) is 107 Å². The maximum atomic E-state index is 14.3. The number of cyclic esters (lactones) is 1. The molecule has 1 aliphatic carbocycles. The molecule has 3 rings (SSSR count). The Morgan fingerprint density at radius 3 is 2.15 bits per heavy atom. The molecule has 9 atom stereocenters. The van der Waals surface area contributed by atoms with Crippen molar-refractivity contribution < 1.29 is 38.1 Å². The molecule has 11 heteroatoms. The predicted molar refractivity (Wildman–Crippen MR) is 185 cm³/mol. The minimum absolute atomic E-state index is 0.0147. The summed E-state index contributed by atoms with van der Waals surface area (Å²) in [5.74, 6) is -1.07. The number of hydrogen-bond donors (Lipinski definition) is 0. The molecular weight excluding hydrogens is 614 g/mol. The molecular formula is C37H67N3O8. The number of nitrogens with zero attached hydrogens (tertiary/aromatic N) is 3. The number of ether oxygens (including phenoxy) is 5. The molecule has 2 aliphatic heterocycles. The van der Waals surface area contributed by atoms with Crippen LogP contribution in [0, 0.1) is 29.1 Å². The third-order valence-corrected chi connectivity index (χ3v) is 11.2. The van der Waals surface area contributed by atoms with Crippen molar-refractivity contribution in [3.05, 3.63) is 0 Å². The summed E-state index contributed by atoms with van der Waals surface area (Å²) in [7, 11) is 9.67. The zero-order chi connectivity index (χ0) is 36.5. The number of rotatable bonds is 6. The van der Waals surface area contributed by atoms with Crippen molar-refractivity contribution >= 4 is 17.8 Å². The second kappa shape index (κ2) is 15.6. The third-order valence-electron chi connectivity index (χ3n) is 11.2. The Labute approximate surface area is 290 Å². The second-order valence-corrected chi connectivity index (χ2v) is 17.2. The van der Waals surface area contributed by atoms with Gasteiger partial charge in [-0.25, -0.2) is 4.79 Å². The van der Waals surface area contributed by atoms with E-state index in [9.17, 15) is 14.4 Å². The van der Waals surface area contributed by atoms with Crippen LogP contribution in [0.15, 0.2) is 0 Å². The largest absolute Gasteiger partial charge is 0.463 e. The fourth-order valence-electron chi connectivity index (χ4n) is 8.13. The van der Waals surface area contributed by atoms with E-state index in [-0.39, 0.29) is 60.5 Å². The predicted octanol–water partition coefficient (Wildman–Crippen LogP) is 5.24. The number of esters is 1. The first kappa shape index (κ1) is 40.6. The van der Waals surface area contributed by atoms with E-state index in [1.807, 2.05) is 34.6 Å². The molecule has 0 aromatic heterocycles. The van der Waals surface area contributed by atoms with Crippen molar-refractivity contribution in [2.75, 3.05) is 48.5 Å². The molecule has 0 spiro atoms. The van der Waals surface area contributed by atoms with Crippen molar-refractivity contribution in [1.29, 1.82) is 0 Å². The van der Waals surface area contributed by atoms with Gasteiger partial charge in [0.25, 0.3) is 0 Å². The second-order valence-electron chi connectivity index (χ2n) is 17.2. The van der Waals surface area contributed by atoms with Gasteiger partial charge in [-0.1, -0.05) is 20.8 Å². The summed E-state index contributed by atoms with van der Waals surface area (Å²) in [5, 5.41) is 0. The smallest absolute Gasteiger partial charge is 0.410 e. The van der Waals surface area contributed by atoms with Gasteiger partial charge in [-0.15, -0.1) is 0 Å². The number of ketones is 1. The zero-order valence-corrected chi connectivity index (χ0v) is 32.6. The molecule has 0 bridgehead atoms. The van der Waals surface area contributed by atoms with Crippen LogP contribution < -0.4 is 0 Å². The monoisotopic (exact) mass is 681 g/mol. The molecule has 0 radical (unpaired) electrons. The van der Waals surface area contributed by atoms with E-state index in [1.54, 1.807) is 32.9 Å². The number of carbonyl (C=O) groups is 3. The molecule has 0 N–H and O–H groups in total. The Kier molecular flexibility index (Phi) is 13.2. The Bertz CT molecular complexity index is 1120. The average Bonchev–Trinajstić information content (AvgIpc) is 2.95. The minimum atomic E-state index is -1.41. The van der Waals surface area contributed by atoms with Crippen molar-refractivity contribution in [3.8, 4) is 0 Å². The molecule has 0 aromatic rings. The van der Waals surface area contributed by atoms with E-state index >= 15 is 0 Å². The minimum Gasteiger partial charge on any atom is -0.463 e. The van der Waals surface area contributed by atoms with Crippen LogP contribution >= 0.6 is 0 Å². The highest BCUT2D eigenvalue weighted by Crippen LogP contribution is 2.41. The van der Waals surface area contributed by atoms with E-state index in [0.717, 1.165) is 25.8 Å². The van der Waals surface area contributed by atoms with E-state index in [4.69, 9.17) is 23.7 Å². The molecule has 2 saturated heterocycles. The van der Waals surface area contributed by atoms with Crippen LogP contribution in [0.5, 0.6) is 0 Å². The fraction of sp³-hybridized carbons (Fsp3) is 0.919. The summed E-state index contributed by atoms with van der Waals surface area (Å²) in [6, 6.07) is 0.216. The van der Waals surface area contributed by atoms with Gasteiger partial charge in [0.2, 0.25) is 0 Å². The molecule has 0 unspecified atom stereocenters. The van der Waals surface area contributed by atoms with Gasteiger partial charge in [-0.3, -0.25) is 14.5 Å². The van der Waals surface area contributed by atoms with Crippen molar-refractivity contribution in [1.82, 2.24) is 14.7 Å². The van der Waals surface area contributed by atoms with Crippen LogP contribution in [0.4, 0.5) is 4.79 Å². The van der Waals surface area contributed by atoms with Gasteiger partial charge in [0.1, 0.15) is 17.6 Å². The van der Waals surface area contributed by atoms with Crippen molar-refractivity contribution in [2.45, 2.75) is 143 Å². The summed E-state index contributed by atoms with van der Waals surface area (Å²) in [5.41, 5.74) is -2.83. The number of amides is 1. The maximum absolute atomic E-state index is 14.3. The van der Waals surface area contributed by atoms with E-state index < -0.39 is 40.9 Å². The Balaban J connectivity index is 1.90. The Morgan fingerprint density at radius 2 is 1.60 bits per heavy atom. The summed E-state index contributed by atoms with van der Waals surface area (Å²) < 4.78 is 31.2. The van der Waals surface area contributed by atoms with Gasteiger partial charge in [0, 0.05) is 50.7 Å². The number of likely N-dealkylation sites (N-methyl/N-ethyl adjacent to an activating group) is 1. The molecule has 11 nitrogen and oxygen atoms in total. The van der Waals surface area contributed by atoms with Crippen LogP contribution in [-0.2, 0) is 33.3 Å². The lowest BCUT2D eigenvalue weighted by Crippen LogP contribution is -2.57. The number of hydrogen-bond acceptors (Lipinski definition) is 10. The standard InChI is InChI=1S/C37H67N3O8/c1-22-19-37(10,44-15)31(47-32-24(3)28(38(11)12)16-23(2)46-32)25(4)30(41)36(8,9)33(42)45-21-29(39(13)20-22)26-17-27(18-26)40(14)34(43)48-35(5,6)7/h22-29,31-32H,16-21H2,1-15H3/t22-,23-,24-,25+,26?,27?,28+,29+,31-,32+,37-/m1/s1. The summed E-state index contributed by atoms with van der Waals surface area (Å²) in [4.78, 5) is 46.9. The molecule has 278 valence electrons. The lowest BCUT2D eigenvalue weighted by Gasteiger charge is -2.48. The van der Waals surface area contributed by atoms with Crippen molar-refractivity contribution in [2.24, 2.45) is 29.1 Å². The van der Waals surface area contributed by atoms with Crippen LogP contribution in [0.2, 0.25) is 0 Å². The molecule has 0 aromatic carbocycles. The topological polar surface area (TPSA) is 107 Å². The highest BCUT2D eigenvalue weighted by molar-refractivity contribution is 6.04. The normalized spacial score (nSPS) is 39.0. The first-order valence-corrected chi connectivity index (χ1v) is 17.9. The van der Waals surface area contributed by atoms with Crippen molar-refractivity contribution in [3.63, 3.8) is 0 Å². The molecule has 1 saturated carbocycles. The summed E-state index contributed by atoms with van der Waals surface area (Å²) in [6.45, 7) is 20.0. The summed E-state index contributed by atoms with van der Waals surface area (Å²) in [6.07, 6.45) is 1.48. The maximum Gasteiger partial charge on any atom is 0.410 e. The highest BCUT2D eigenvalue weighted by atomic mass is 16.7. The SMILES string of the molecule is CO[C@]1(C)C[C@@H](C)CN(C)[C@H](C2CC(N(C)C(=O)OC(C)(C)C)C2)COC(=O)C(C)(C)C(=O)[C@H](C)[C@H]1O[C@@H]1O[C@H](C)C[C@H](N(C)C)[C@H]1C. The molecule has 48 heavy (non-hydrogen) atoms. The number of Topliss-reactive ketones (excluding diaryl/α,β-unsaturated/α-hetero) is 1. The first-order valence-electron chi connectivity index (χ1n) is 17.9. The van der Waals surface area contributed by atoms with Crippen LogP contribution in [-0.4, -0.2) is 129 Å². The average molecular weight is 682 g/mol. The van der Waals surface area contributed by atoms with Gasteiger partial charge >= 0.3 is 12.1 Å². The van der Waals surface area contributed by atoms with Crippen LogP contribution in [0.25, 0.3) is 0 Å². The third kappa shape index (κ3) is 9.30. The van der Waals surface area contributed by atoms with Gasteiger partial charge < -0.3 is 33.5 Å². The fourth-order valence-corrected chi connectivity index (χ4v) is 8.13. The Morgan fingerprint density at radius 1 is 1.00 bits per heavy atom. The van der Waals surface area contributed by atoms with Crippen LogP contribution in [0.1, 0.15) is 94.9 Å². The van der Waals surface area contributed by atoms with E-state index in [1.165, 1.54) is 0 Å². The molecule has 3 aliphatic rings. The number of methoxy groups -OCH3 is 1. The zero-order valence-electron chi connectivity index (χ0n) is 32.6. The quantitative estimate of drug-likeness (QED) is 0.273. The molecule has 1 amide bonds. The highest BCUT2D eigenvalue weighted by Gasteiger charge is 2.52. The van der Waals surface area contributed by atoms with E-state index in [2.05, 4.69) is 51.7 Å². The van der Waals surface area contributed by atoms with Gasteiger partial charge in [-0.2, -0.15) is 0 Å². The van der Waals surface area contributed by atoms with Gasteiger partial charge in [0.05, 0.1) is 17.8 Å². The first-order chi connectivity index (χ1) is 22.0. The van der Waals surface area contributed by atoms with Crippen LogP contribution in [0.3, 0.4) is 0 Å². The molecule has 2 heterocycles. The van der Waals surface area contributed by atoms with Gasteiger partial charge in [0.15, 0.2) is 12.1 Å². The van der Waals surface area contributed by atoms with E-state index in [0.29, 0.717) is 6.42 Å². The Hall–Kier alpha value is -1.79. The number of carbonyl (C=O) groups excluding carboxylic acids is 3.